The number of ketones is 3. The quantitative estimate of drug-likeness (QED) is 0.121. The van der Waals surface area contributed by atoms with Crippen LogP contribution in [-0.2, 0) is 35.2 Å². The molecule has 1 aromatic rings. The van der Waals surface area contributed by atoms with Crippen molar-refractivity contribution in [2.45, 2.75) is 150 Å². The van der Waals surface area contributed by atoms with Crippen molar-refractivity contribution in [2.24, 2.45) is 22.7 Å². The second-order valence-corrected chi connectivity index (χ2v) is 18.3. The topological polar surface area (TPSA) is 154 Å². The minimum absolute atomic E-state index is 0.0348. The molecule has 7 atom stereocenters. The minimum atomic E-state index is -0.864. The summed E-state index contributed by atoms with van der Waals surface area (Å²) in [6, 6.07) is 5.99. The molecule has 0 spiro atoms. The van der Waals surface area contributed by atoms with E-state index >= 15 is 0 Å². The molecule has 0 aromatic heterocycles. The van der Waals surface area contributed by atoms with Gasteiger partial charge in [0.1, 0.15) is 17.6 Å². The Hall–Kier alpha value is -4.32. The minimum Gasteiger partial charge on any atom is -0.353 e. The molecule has 0 radical (unpaired) electrons. The Labute approximate surface area is 347 Å². The Morgan fingerprint density at radius 2 is 1.40 bits per heavy atom. The number of hydrogen-bond acceptors (Lipinski definition) is 8. The molecule has 11 heteroatoms. The Morgan fingerprint density at radius 3 is 2.02 bits per heavy atom. The number of aryl methyl sites for hydroxylation is 1. The normalized spacial score (nSPS) is 19.1. The standard InChI is InChI=1S/C47H69N5O6/c1-31(48-9)40(53)29-36(46(3,4)5)43(56)51-38(42(55)28-34-22-18-21-33-20-15-16-23-35(33)34)24-14-12-11-13-17-26-50-44(57)39-25-19-27-52(39)45(58)37(47(6,7)8)30-41(54)32(2)49-10/h15-16,20,23,31-32,34,36-39,48-49H,17-19,21-22,24-30H2,1-10H3,(H,50,57)(H,51,56)/t31-,32-,34-,36+,37+,38-,39-/m0/s1. The fraction of sp³-hybridized carbons (Fsp3) is 0.660. The van der Waals surface area contributed by atoms with E-state index in [2.05, 4.69) is 57.1 Å². The van der Waals surface area contributed by atoms with Gasteiger partial charge in [0.15, 0.2) is 5.78 Å². The zero-order valence-electron chi connectivity index (χ0n) is 36.7. The smallest absolute Gasteiger partial charge is 0.242 e. The summed E-state index contributed by atoms with van der Waals surface area (Å²) in [5.74, 6) is 9.49. The van der Waals surface area contributed by atoms with Crippen molar-refractivity contribution in [3.8, 4) is 23.7 Å². The van der Waals surface area contributed by atoms with Crippen LogP contribution in [0.4, 0.5) is 0 Å². The van der Waals surface area contributed by atoms with Crippen LogP contribution < -0.4 is 21.3 Å². The average Bonchev–Trinajstić information content (AvgIpc) is 3.68. The zero-order chi connectivity index (χ0) is 43.2. The maximum absolute atomic E-state index is 13.9. The van der Waals surface area contributed by atoms with Crippen molar-refractivity contribution < 1.29 is 28.8 Å². The molecule has 1 aromatic carbocycles. The van der Waals surface area contributed by atoms with Crippen molar-refractivity contribution in [1.82, 2.24) is 26.2 Å². The molecule has 0 saturated carbocycles. The summed E-state index contributed by atoms with van der Waals surface area (Å²) < 4.78 is 0. The number of carbonyl (C=O) groups is 6. The monoisotopic (exact) mass is 800 g/mol. The van der Waals surface area contributed by atoms with Crippen molar-refractivity contribution in [3.63, 3.8) is 0 Å². The van der Waals surface area contributed by atoms with Crippen molar-refractivity contribution in [2.75, 3.05) is 27.2 Å². The molecule has 2 aliphatic rings. The number of likely N-dealkylation sites (N-methyl/N-ethyl adjacent to an activating group) is 2. The molecule has 1 fully saturated rings. The van der Waals surface area contributed by atoms with Gasteiger partial charge in [-0.1, -0.05) is 77.6 Å². The molecule has 11 nitrogen and oxygen atoms in total. The molecule has 0 bridgehead atoms. The SMILES string of the molecule is CN[C@@H](C)C(=O)C[C@H](C(=O)N[C@@H](CC#CC#CCCNC(=O)[C@@H]1CCCN1C(=O)[C@@H](CC(=O)[C@H](C)NC)C(C)(C)C)C(=O)C[C@@H]1CCCc2ccccc21)C(C)(C)C. The molecule has 1 saturated heterocycles. The highest BCUT2D eigenvalue weighted by molar-refractivity contribution is 5.94. The first kappa shape index (κ1) is 48.1. The van der Waals surface area contributed by atoms with Gasteiger partial charge in [0, 0.05) is 57.0 Å². The predicted molar refractivity (Wildman–Crippen MR) is 228 cm³/mol. The van der Waals surface area contributed by atoms with E-state index < -0.39 is 40.8 Å². The maximum Gasteiger partial charge on any atom is 0.242 e. The number of Topliss-reactive ketones (excluding diaryl/α,β-unsaturated/α-hetero) is 3. The molecular formula is C47H69N5O6. The Bertz CT molecular complexity index is 1750. The van der Waals surface area contributed by atoms with Gasteiger partial charge in [-0.3, -0.25) is 28.8 Å². The van der Waals surface area contributed by atoms with Crippen LogP contribution in [0.3, 0.4) is 0 Å². The van der Waals surface area contributed by atoms with E-state index in [0.29, 0.717) is 25.8 Å². The molecule has 4 N–H and O–H groups in total. The molecule has 318 valence electrons. The maximum atomic E-state index is 13.9. The molecule has 3 amide bonds. The van der Waals surface area contributed by atoms with Crippen molar-refractivity contribution in [1.29, 1.82) is 0 Å². The highest BCUT2D eigenvalue weighted by atomic mass is 16.2. The number of fused-ring (bicyclic) bond motifs is 1. The first-order valence-corrected chi connectivity index (χ1v) is 21.1. The molecule has 3 rings (SSSR count). The fourth-order valence-corrected chi connectivity index (χ4v) is 7.78. The molecule has 1 aliphatic heterocycles. The zero-order valence-corrected chi connectivity index (χ0v) is 36.7. The summed E-state index contributed by atoms with van der Waals surface area (Å²) >= 11 is 0. The van der Waals surface area contributed by atoms with Gasteiger partial charge in [0.2, 0.25) is 17.7 Å². The first-order valence-electron chi connectivity index (χ1n) is 21.1. The number of hydrogen-bond donors (Lipinski definition) is 4. The second kappa shape index (κ2) is 22.2. The Morgan fingerprint density at radius 1 is 0.793 bits per heavy atom. The summed E-state index contributed by atoms with van der Waals surface area (Å²) in [6.07, 6.45) is 4.96. The van der Waals surface area contributed by atoms with Crippen LogP contribution >= 0.6 is 0 Å². The highest BCUT2D eigenvalue weighted by Gasteiger charge is 2.42. The van der Waals surface area contributed by atoms with E-state index in [1.54, 1.807) is 32.8 Å². The van der Waals surface area contributed by atoms with Crippen LogP contribution in [0.1, 0.15) is 130 Å². The number of amides is 3. The number of rotatable bonds is 18. The largest absolute Gasteiger partial charge is 0.353 e. The lowest BCUT2D eigenvalue weighted by Crippen LogP contribution is -2.50. The second-order valence-electron chi connectivity index (χ2n) is 18.3. The van der Waals surface area contributed by atoms with Gasteiger partial charge < -0.3 is 26.2 Å². The number of benzene rings is 1. The summed E-state index contributed by atoms with van der Waals surface area (Å²) in [6.45, 7) is 15.9. The van der Waals surface area contributed by atoms with Crippen molar-refractivity contribution in [3.05, 3.63) is 35.4 Å². The van der Waals surface area contributed by atoms with E-state index in [0.717, 1.165) is 19.3 Å². The van der Waals surface area contributed by atoms with E-state index in [1.165, 1.54) is 11.1 Å². The number of nitrogens with zero attached hydrogens (tertiary/aromatic N) is 1. The van der Waals surface area contributed by atoms with Crippen LogP contribution in [0.2, 0.25) is 0 Å². The first-order chi connectivity index (χ1) is 27.3. The molecule has 1 heterocycles. The summed E-state index contributed by atoms with van der Waals surface area (Å²) in [5, 5.41) is 11.8. The summed E-state index contributed by atoms with van der Waals surface area (Å²) in [7, 11) is 3.43. The highest BCUT2D eigenvalue weighted by Crippen LogP contribution is 2.36. The summed E-state index contributed by atoms with van der Waals surface area (Å²) in [4.78, 5) is 82.1. The van der Waals surface area contributed by atoms with Gasteiger partial charge in [-0.25, -0.2) is 0 Å². The lowest BCUT2D eigenvalue weighted by Gasteiger charge is -2.35. The van der Waals surface area contributed by atoms with E-state index in [-0.39, 0.29) is 79.3 Å². The number of likely N-dealkylation sites (tertiary alicyclic amines) is 1. The van der Waals surface area contributed by atoms with Gasteiger partial charge in [0.25, 0.3) is 0 Å². The lowest BCUT2D eigenvalue weighted by molar-refractivity contribution is -0.146. The third-order valence-electron chi connectivity index (χ3n) is 11.9. The molecule has 0 unspecified atom stereocenters. The van der Waals surface area contributed by atoms with E-state index in [4.69, 9.17) is 0 Å². The van der Waals surface area contributed by atoms with Crippen LogP contribution in [0.25, 0.3) is 0 Å². The van der Waals surface area contributed by atoms with Gasteiger partial charge >= 0.3 is 0 Å². The fourth-order valence-electron chi connectivity index (χ4n) is 7.78. The molecule has 1 aliphatic carbocycles. The Kier molecular flexibility index (Phi) is 18.4. The molecular weight excluding hydrogens is 731 g/mol. The van der Waals surface area contributed by atoms with Gasteiger partial charge in [-0.2, -0.15) is 0 Å². The number of nitrogens with one attached hydrogen (secondary N) is 4. The Balaban J connectivity index is 1.66. The van der Waals surface area contributed by atoms with Crippen LogP contribution in [0.5, 0.6) is 0 Å². The van der Waals surface area contributed by atoms with E-state index in [1.807, 2.05) is 53.7 Å². The third kappa shape index (κ3) is 13.9. The van der Waals surface area contributed by atoms with Gasteiger partial charge in [-0.05, 0) is 99.8 Å². The average molecular weight is 800 g/mol. The third-order valence-corrected chi connectivity index (χ3v) is 11.9. The summed E-state index contributed by atoms with van der Waals surface area (Å²) in [5.41, 5.74) is 1.46. The lowest BCUT2D eigenvalue weighted by atomic mass is 9.76. The van der Waals surface area contributed by atoms with Crippen molar-refractivity contribution >= 4 is 35.1 Å². The van der Waals surface area contributed by atoms with Gasteiger partial charge in [-0.15, -0.1) is 0 Å². The van der Waals surface area contributed by atoms with Crippen LogP contribution in [0.15, 0.2) is 24.3 Å². The van der Waals surface area contributed by atoms with E-state index in [9.17, 15) is 28.8 Å². The van der Waals surface area contributed by atoms with Crippen LogP contribution in [0, 0.1) is 46.3 Å². The molecule has 58 heavy (non-hydrogen) atoms. The van der Waals surface area contributed by atoms with Crippen LogP contribution in [-0.4, -0.2) is 91.3 Å². The number of carbonyl (C=O) groups excluding carboxylic acids is 6. The van der Waals surface area contributed by atoms with Gasteiger partial charge in [0.05, 0.1) is 18.1 Å². The predicted octanol–water partition coefficient (Wildman–Crippen LogP) is 4.90.